The number of nitrogens with zero attached hydrogens (tertiary/aromatic N) is 2. The Morgan fingerprint density at radius 1 is 1.35 bits per heavy atom. The summed E-state index contributed by atoms with van der Waals surface area (Å²) < 4.78 is 0. The van der Waals surface area contributed by atoms with Crippen LogP contribution in [0.3, 0.4) is 0 Å². The van der Waals surface area contributed by atoms with Crippen LogP contribution in [-0.4, -0.2) is 21.6 Å². The van der Waals surface area contributed by atoms with Gasteiger partial charge in [0.15, 0.2) is 0 Å². The molecule has 0 fully saturated rings. The average molecular weight is 347 g/mol. The predicted molar refractivity (Wildman–Crippen MR) is 103 cm³/mol. The summed E-state index contributed by atoms with van der Waals surface area (Å²) >= 11 is 0. The molecule has 3 aromatic rings. The van der Waals surface area contributed by atoms with Gasteiger partial charge < -0.3 is 16.1 Å². The maximum atomic E-state index is 12.6. The van der Waals surface area contributed by atoms with Gasteiger partial charge >= 0.3 is 0 Å². The third-order valence-corrected chi connectivity index (χ3v) is 5.09. The highest BCUT2D eigenvalue weighted by molar-refractivity contribution is 6.10. The van der Waals surface area contributed by atoms with E-state index in [4.69, 9.17) is 5.84 Å². The molecule has 0 saturated heterocycles. The first-order valence-corrected chi connectivity index (χ1v) is 8.64. The van der Waals surface area contributed by atoms with Crippen LogP contribution in [0.15, 0.2) is 47.8 Å². The molecule has 1 amide bonds. The van der Waals surface area contributed by atoms with Crippen LogP contribution in [0.2, 0.25) is 0 Å². The minimum Gasteiger partial charge on any atom is -0.353 e. The highest BCUT2D eigenvalue weighted by Crippen LogP contribution is 2.41. The zero-order valence-corrected chi connectivity index (χ0v) is 14.8. The maximum Gasteiger partial charge on any atom is 0.255 e. The van der Waals surface area contributed by atoms with Gasteiger partial charge in [0, 0.05) is 22.7 Å². The quantitative estimate of drug-likeness (QED) is 0.488. The second-order valence-electron chi connectivity index (χ2n) is 7.29. The van der Waals surface area contributed by atoms with Crippen LogP contribution in [0.4, 0.5) is 5.69 Å². The predicted octanol–water partition coefficient (Wildman–Crippen LogP) is 3.55. The van der Waals surface area contributed by atoms with Gasteiger partial charge in [-0.25, -0.2) is 0 Å². The molecule has 2 heterocycles. The van der Waals surface area contributed by atoms with Crippen LogP contribution >= 0.6 is 0 Å². The number of hydrazone groups is 1. The number of rotatable bonds is 2. The van der Waals surface area contributed by atoms with Crippen molar-refractivity contribution in [1.82, 2.24) is 9.97 Å². The number of carbonyl (C=O) groups excluding carboxylic acids is 1. The zero-order chi connectivity index (χ0) is 18.3. The van der Waals surface area contributed by atoms with E-state index in [9.17, 15) is 4.79 Å². The summed E-state index contributed by atoms with van der Waals surface area (Å²) in [5, 5.41) is 7.89. The molecule has 0 radical (unpaired) electrons. The molecule has 0 unspecified atom stereocenters. The first-order valence-electron chi connectivity index (χ1n) is 8.64. The van der Waals surface area contributed by atoms with Crippen LogP contribution in [-0.2, 0) is 5.41 Å². The topological polar surface area (TPSA) is 96.2 Å². The van der Waals surface area contributed by atoms with Crippen molar-refractivity contribution in [3.05, 3.63) is 59.5 Å². The molecule has 1 aliphatic carbocycles. The minimum atomic E-state index is -0.156. The lowest BCUT2D eigenvalue weighted by molar-refractivity contribution is 0.102. The molecule has 0 spiro atoms. The summed E-state index contributed by atoms with van der Waals surface area (Å²) in [5.41, 5.74) is 5.31. The molecule has 0 saturated carbocycles. The summed E-state index contributed by atoms with van der Waals surface area (Å²) in [6, 6.07) is 9.31. The highest BCUT2D eigenvalue weighted by Gasteiger charge is 2.34. The van der Waals surface area contributed by atoms with Crippen molar-refractivity contribution in [3.63, 3.8) is 0 Å². The number of nitrogens with two attached hydrogens (primary N) is 1. The van der Waals surface area contributed by atoms with Crippen molar-refractivity contribution in [2.75, 3.05) is 5.32 Å². The van der Waals surface area contributed by atoms with E-state index in [1.54, 1.807) is 18.5 Å². The van der Waals surface area contributed by atoms with Gasteiger partial charge in [0.2, 0.25) is 0 Å². The largest absolute Gasteiger partial charge is 0.353 e. The molecule has 4 N–H and O–H groups in total. The van der Waals surface area contributed by atoms with Gasteiger partial charge in [-0.15, -0.1) is 0 Å². The van der Waals surface area contributed by atoms with Gasteiger partial charge in [-0.05, 0) is 54.2 Å². The first kappa shape index (κ1) is 16.3. The Morgan fingerprint density at radius 2 is 2.19 bits per heavy atom. The van der Waals surface area contributed by atoms with Crippen molar-refractivity contribution in [3.8, 4) is 0 Å². The molecule has 26 heavy (non-hydrogen) atoms. The Kier molecular flexibility index (Phi) is 3.76. The van der Waals surface area contributed by atoms with Crippen LogP contribution in [0.25, 0.3) is 10.9 Å². The fourth-order valence-corrected chi connectivity index (χ4v) is 3.70. The molecule has 2 aromatic heterocycles. The number of aromatic nitrogens is 2. The van der Waals surface area contributed by atoms with E-state index in [0.29, 0.717) is 11.3 Å². The number of amides is 1. The number of fused-ring (bicyclic) bond motifs is 3. The number of hydrogen-bond donors (Lipinski definition) is 3. The second-order valence-corrected chi connectivity index (χ2v) is 7.29. The standard InChI is InChI=1S/C20H21N5O/c1-20(2)8-7-16(25-21)18-17(20)14-10-12(5-6-15(14)24-18)19(26)23-13-4-3-9-22-11-13/h3-6,9-11,24H,7-8,21H2,1-2H3,(H,23,26)/b25-16-. The molecule has 6 heteroatoms. The van der Waals surface area contributed by atoms with E-state index >= 15 is 0 Å². The van der Waals surface area contributed by atoms with E-state index in [1.807, 2.05) is 24.3 Å². The average Bonchev–Trinajstić information content (AvgIpc) is 3.02. The van der Waals surface area contributed by atoms with Gasteiger partial charge in [-0.3, -0.25) is 9.78 Å². The van der Waals surface area contributed by atoms with E-state index in [-0.39, 0.29) is 11.3 Å². The lowest BCUT2D eigenvalue weighted by atomic mass is 9.73. The molecule has 4 rings (SSSR count). The van der Waals surface area contributed by atoms with E-state index in [0.717, 1.165) is 35.2 Å². The third kappa shape index (κ3) is 2.63. The fraction of sp³-hybridized carbons (Fsp3) is 0.250. The number of anilines is 1. The molecular weight excluding hydrogens is 326 g/mol. The zero-order valence-electron chi connectivity index (χ0n) is 14.8. The van der Waals surface area contributed by atoms with Crippen LogP contribution in [0, 0.1) is 0 Å². The number of aromatic amines is 1. The summed E-state index contributed by atoms with van der Waals surface area (Å²) in [5.74, 6) is 5.43. The van der Waals surface area contributed by atoms with Crippen molar-refractivity contribution >= 4 is 28.2 Å². The van der Waals surface area contributed by atoms with Gasteiger partial charge in [-0.1, -0.05) is 13.8 Å². The second kappa shape index (κ2) is 5.98. The Balaban J connectivity index is 1.79. The SMILES string of the molecule is CC1(C)CC/C(=N/N)c2[nH]c3ccc(C(=O)Nc4cccnc4)cc3c21. The monoisotopic (exact) mass is 347 g/mol. The van der Waals surface area contributed by atoms with Gasteiger partial charge in [0.1, 0.15) is 0 Å². The smallest absolute Gasteiger partial charge is 0.255 e. The van der Waals surface area contributed by atoms with Crippen molar-refractivity contribution in [2.45, 2.75) is 32.1 Å². The lowest BCUT2D eigenvalue weighted by Gasteiger charge is -2.31. The lowest BCUT2D eigenvalue weighted by Crippen LogP contribution is -2.27. The fourth-order valence-electron chi connectivity index (χ4n) is 3.70. The number of H-pyrrole nitrogens is 1. The van der Waals surface area contributed by atoms with Gasteiger partial charge in [-0.2, -0.15) is 5.10 Å². The molecule has 6 nitrogen and oxygen atoms in total. The minimum absolute atomic E-state index is 0.0137. The number of benzene rings is 1. The third-order valence-electron chi connectivity index (χ3n) is 5.09. The molecule has 1 aliphatic rings. The Hall–Kier alpha value is -3.15. The van der Waals surface area contributed by atoms with E-state index in [2.05, 4.69) is 34.2 Å². The van der Waals surface area contributed by atoms with Gasteiger partial charge in [0.05, 0.1) is 23.3 Å². The Bertz CT molecular complexity index is 1020. The number of pyridine rings is 1. The summed E-state index contributed by atoms with van der Waals surface area (Å²) in [7, 11) is 0. The highest BCUT2D eigenvalue weighted by atomic mass is 16.1. The summed E-state index contributed by atoms with van der Waals surface area (Å²) in [6.07, 6.45) is 5.11. The first-order chi connectivity index (χ1) is 12.5. The summed E-state index contributed by atoms with van der Waals surface area (Å²) in [6.45, 7) is 4.43. The van der Waals surface area contributed by atoms with Crippen molar-refractivity contribution in [1.29, 1.82) is 0 Å². The number of carbonyl (C=O) groups is 1. The Labute approximate surface area is 151 Å². The normalized spacial score (nSPS) is 17.2. The van der Waals surface area contributed by atoms with Crippen LogP contribution < -0.4 is 11.2 Å². The molecule has 0 atom stereocenters. The van der Waals surface area contributed by atoms with Crippen LogP contribution in [0.5, 0.6) is 0 Å². The molecule has 0 bridgehead atoms. The number of nitrogens with one attached hydrogen (secondary N) is 2. The van der Waals surface area contributed by atoms with E-state index < -0.39 is 0 Å². The molecular formula is C20H21N5O. The van der Waals surface area contributed by atoms with E-state index in [1.165, 1.54) is 5.56 Å². The summed E-state index contributed by atoms with van der Waals surface area (Å²) in [4.78, 5) is 20.1. The van der Waals surface area contributed by atoms with Crippen LogP contribution in [0.1, 0.15) is 48.3 Å². The van der Waals surface area contributed by atoms with Gasteiger partial charge in [0.25, 0.3) is 5.91 Å². The van der Waals surface area contributed by atoms with Crippen molar-refractivity contribution in [2.24, 2.45) is 10.9 Å². The molecule has 132 valence electrons. The molecule has 0 aliphatic heterocycles. The maximum absolute atomic E-state index is 12.6. The Morgan fingerprint density at radius 3 is 2.92 bits per heavy atom. The van der Waals surface area contributed by atoms with Crippen molar-refractivity contribution < 1.29 is 4.79 Å². The molecule has 1 aromatic carbocycles. The number of hydrogen-bond acceptors (Lipinski definition) is 4.